The average Bonchev–Trinajstić information content (AvgIpc) is 2.44. The number of carbonyl (C=O) groups is 1. The van der Waals surface area contributed by atoms with Crippen LogP contribution in [0.2, 0.25) is 0 Å². The van der Waals surface area contributed by atoms with Gasteiger partial charge in [-0.2, -0.15) is 0 Å². The highest BCUT2D eigenvalue weighted by molar-refractivity contribution is 5.81. The molecule has 0 radical (unpaired) electrons. The van der Waals surface area contributed by atoms with Gasteiger partial charge in [0, 0.05) is 40.3 Å². The van der Waals surface area contributed by atoms with Crippen molar-refractivity contribution in [2.45, 2.75) is 33.4 Å². The lowest BCUT2D eigenvalue weighted by Gasteiger charge is -2.36. The molecule has 0 saturated carbocycles. The Bertz CT molecular complexity index is 525. The number of carbonyl (C=O) groups excluding carboxylic acids is 1. The van der Waals surface area contributed by atoms with Crippen molar-refractivity contribution in [2.75, 3.05) is 33.7 Å². The molecule has 1 atom stereocenters. The molecule has 0 spiro atoms. The summed E-state index contributed by atoms with van der Waals surface area (Å²) in [4.78, 5) is 16.3. The number of aryl methyl sites for hydroxylation is 3. The highest BCUT2D eigenvalue weighted by Gasteiger charge is 2.29. The standard InChI is InChI=1S/C17H27N3O/c1-12-8-14(3)15(9-13(12)2)11-20-7-6-18-10-16(20)17(21)19(4)5/h8-9,16,18H,6-7,10-11H2,1-5H3. The summed E-state index contributed by atoms with van der Waals surface area (Å²) < 4.78 is 0. The van der Waals surface area contributed by atoms with Crippen LogP contribution in [0.1, 0.15) is 22.3 Å². The third-order valence-corrected chi connectivity index (χ3v) is 4.41. The van der Waals surface area contributed by atoms with Crippen molar-refractivity contribution in [1.29, 1.82) is 0 Å². The summed E-state index contributed by atoms with van der Waals surface area (Å²) in [6, 6.07) is 4.45. The average molecular weight is 289 g/mol. The number of amides is 1. The van der Waals surface area contributed by atoms with E-state index in [-0.39, 0.29) is 11.9 Å². The first-order valence-electron chi connectivity index (χ1n) is 7.63. The number of rotatable bonds is 3. The molecule has 1 aromatic rings. The van der Waals surface area contributed by atoms with Crippen LogP contribution >= 0.6 is 0 Å². The van der Waals surface area contributed by atoms with Gasteiger partial charge in [0.25, 0.3) is 0 Å². The molecule has 4 heteroatoms. The van der Waals surface area contributed by atoms with Crippen LogP contribution in [0.25, 0.3) is 0 Å². The van der Waals surface area contributed by atoms with Crippen LogP contribution in [0.3, 0.4) is 0 Å². The van der Waals surface area contributed by atoms with E-state index in [4.69, 9.17) is 0 Å². The molecule has 1 aromatic carbocycles. The maximum absolute atomic E-state index is 12.3. The zero-order valence-corrected chi connectivity index (χ0v) is 13.9. The van der Waals surface area contributed by atoms with E-state index in [0.717, 1.165) is 26.2 Å². The normalized spacial score (nSPS) is 19.6. The second kappa shape index (κ2) is 6.58. The van der Waals surface area contributed by atoms with E-state index in [9.17, 15) is 4.79 Å². The predicted molar refractivity (Wildman–Crippen MR) is 86.4 cm³/mol. The van der Waals surface area contributed by atoms with Crippen molar-refractivity contribution in [3.8, 4) is 0 Å². The van der Waals surface area contributed by atoms with Gasteiger partial charge in [-0.15, -0.1) is 0 Å². The number of hydrogen-bond acceptors (Lipinski definition) is 3. The fourth-order valence-electron chi connectivity index (χ4n) is 2.89. The molecule has 1 aliphatic heterocycles. The van der Waals surface area contributed by atoms with Gasteiger partial charge in [0.05, 0.1) is 0 Å². The van der Waals surface area contributed by atoms with Crippen LogP contribution in [0.15, 0.2) is 12.1 Å². The quantitative estimate of drug-likeness (QED) is 0.915. The number of benzene rings is 1. The number of hydrogen-bond donors (Lipinski definition) is 1. The summed E-state index contributed by atoms with van der Waals surface area (Å²) in [5.41, 5.74) is 5.29. The first-order valence-corrected chi connectivity index (χ1v) is 7.63. The lowest BCUT2D eigenvalue weighted by molar-refractivity contribution is -0.135. The van der Waals surface area contributed by atoms with Gasteiger partial charge >= 0.3 is 0 Å². The molecular formula is C17H27N3O. The topological polar surface area (TPSA) is 35.6 Å². The van der Waals surface area contributed by atoms with E-state index in [2.05, 4.69) is 43.1 Å². The van der Waals surface area contributed by atoms with E-state index in [0.29, 0.717) is 0 Å². The summed E-state index contributed by atoms with van der Waals surface area (Å²) in [6.07, 6.45) is 0. The molecule has 1 heterocycles. The van der Waals surface area contributed by atoms with Crippen LogP contribution in [-0.4, -0.2) is 55.5 Å². The van der Waals surface area contributed by atoms with E-state index < -0.39 is 0 Å². The molecule has 2 rings (SSSR count). The molecule has 1 N–H and O–H groups in total. The van der Waals surface area contributed by atoms with Crippen LogP contribution in [0.5, 0.6) is 0 Å². The lowest BCUT2D eigenvalue weighted by atomic mass is 9.99. The molecule has 21 heavy (non-hydrogen) atoms. The Kier molecular flexibility index (Phi) is 5.01. The zero-order chi connectivity index (χ0) is 15.6. The highest BCUT2D eigenvalue weighted by Crippen LogP contribution is 2.19. The van der Waals surface area contributed by atoms with Crippen LogP contribution in [-0.2, 0) is 11.3 Å². The van der Waals surface area contributed by atoms with Crippen molar-refractivity contribution in [2.24, 2.45) is 0 Å². The SMILES string of the molecule is Cc1cc(C)c(CN2CCNCC2C(=O)N(C)C)cc1C. The Morgan fingerprint density at radius 2 is 1.90 bits per heavy atom. The molecule has 0 bridgehead atoms. The molecule has 1 saturated heterocycles. The Morgan fingerprint density at radius 3 is 2.57 bits per heavy atom. The van der Waals surface area contributed by atoms with E-state index in [1.165, 1.54) is 22.3 Å². The number of piperazine rings is 1. The van der Waals surface area contributed by atoms with E-state index in [1.54, 1.807) is 4.90 Å². The molecule has 0 aromatic heterocycles. The van der Waals surface area contributed by atoms with Crippen LogP contribution < -0.4 is 5.32 Å². The smallest absolute Gasteiger partial charge is 0.240 e. The Hall–Kier alpha value is -1.39. The van der Waals surface area contributed by atoms with Gasteiger partial charge in [-0.25, -0.2) is 0 Å². The number of likely N-dealkylation sites (N-methyl/N-ethyl adjacent to an activating group) is 1. The summed E-state index contributed by atoms with van der Waals surface area (Å²) in [6.45, 7) is 9.90. The monoisotopic (exact) mass is 289 g/mol. The Balaban J connectivity index is 2.20. The molecular weight excluding hydrogens is 262 g/mol. The van der Waals surface area contributed by atoms with Crippen molar-refractivity contribution in [3.63, 3.8) is 0 Å². The van der Waals surface area contributed by atoms with E-state index >= 15 is 0 Å². The van der Waals surface area contributed by atoms with Gasteiger partial charge in [0.15, 0.2) is 0 Å². The van der Waals surface area contributed by atoms with Gasteiger partial charge in [-0.3, -0.25) is 9.69 Å². The third-order valence-electron chi connectivity index (χ3n) is 4.41. The summed E-state index contributed by atoms with van der Waals surface area (Å²) in [7, 11) is 3.66. The fraction of sp³-hybridized carbons (Fsp3) is 0.588. The first kappa shape index (κ1) is 16.0. The highest BCUT2D eigenvalue weighted by atomic mass is 16.2. The lowest BCUT2D eigenvalue weighted by Crippen LogP contribution is -2.57. The molecule has 116 valence electrons. The summed E-state index contributed by atoms with van der Waals surface area (Å²) >= 11 is 0. The summed E-state index contributed by atoms with van der Waals surface area (Å²) in [5, 5.41) is 3.33. The van der Waals surface area contributed by atoms with E-state index in [1.807, 2.05) is 14.1 Å². The number of nitrogens with one attached hydrogen (secondary N) is 1. The fourth-order valence-corrected chi connectivity index (χ4v) is 2.89. The maximum Gasteiger partial charge on any atom is 0.240 e. The van der Waals surface area contributed by atoms with Gasteiger partial charge in [0.1, 0.15) is 6.04 Å². The maximum atomic E-state index is 12.3. The molecule has 1 fully saturated rings. The Labute approximate surface area is 128 Å². The minimum Gasteiger partial charge on any atom is -0.347 e. The first-order chi connectivity index (χ1) is 9.90. The van der Waals surface area contributed by atoms with Gasteiger partial charge in [-0.05, 0) is 43.0 Å². The number of nitrogens with zero attached hydrogens (tertiary/aromatic N) is 2. The largest absolute Gasteiger partial charge is 0.347 e. The van der Waals surface area contributed by atoms with Crippen molar-refractivity contribution in [3.05, 3.63) is 34.4 Å². The third kappa shape index (κ3) is 3.63. The van der Waals surface area contributed by atoms with Gasteiger partial charge < -0.3 is 10.2 Å². The van der Waals surface area contributed by atoms with Gasteiger partial charge in [-0.1, -0.05) is 12.1 Å². The molecule has 1 unspecified atom stereocenters. The molecule has 1 amide bonds. The molecule has 1 aliphatic rings. The van der Waals surface area contributed by atoms with Crippen molar-refractivity contribution < 1.29 is 4.79 Å². The van der Waals surface area contributed by atoms with Crippen LogP contribution in [0, 0.1) is 20.8 Å². The van der Waals surface area contributed by atoms with Gasteiger partial charge in [0.2, 0.25) is 5.91 Å². The van der Waals surface area contributed by atoms with Crippen LogP contribution in [0.4, 0.5) is 0 Å². The van der Waals surface area contributed by atoms with Crippen molar-refractivity contribution in [1.82, 2.24) is 15.1 Å². The molecule has 0 aliphatic carbocycles. The summed E-state index contributed by atoms with van der Waals surface area (Å²) in [5.74, 6) is 0.184. The predicted octanol–water partition coefficient (Wildman–Crippen LogP) is 1.47. The zero-order valence-electron chi connectivity index (χ0n) is 13.9. The van der Waals surface area contributed by atoms with Crippen molar-refractivity contribution >= 4 is 5.91 Å². The molecule has 4 nitrogen and oxygen atoms in total. The second-order valence-electron chi connectivity index (χ2n) is 6.29. The second-order valence-corrected chi connectivity index (χ2v) is 6.29. The minimum atomic E-state index is -0.0604. The minimum absolute atomic E-state index is 0.0604. The Morgan fingerprint density at radius 1 is 1.24 bits per heavy atom.